The molecule has 188 valence electrons. The molecule has 0 radical (unpaired) electrons. The van der Waals surface area contributed by atoms with Crippen LogP contribution in [0.15, 0.2) is 109 Å². The van der Waals surface area contributed by atoms with E-state index in [-0.39, 0.29) is 45.2 Å². The normalized spacial score (nSPS) is 13.9. The second-order valence-electron chi connectivity index (χ2n) is 8.28. The quantitative estimate of drug-likeness (QED) is 0.308. The first-order valence-electron chi connectivity index (χ1n) is 11.3. The van der Waals surface area contributed by atoms with E-state index >= 15 is 0 Å². The van der Waals surface area contributed by atoms with Crippen LogP contribution in [-0.4, -0.2) is 0 Å². The molecule has 2 aliphatic carbocycles. The molecule has 0 bridgehead atoms. The van der Waals surface area contributed by atoms with Gasteiger partial charge in [-0.1, -0.05) is 121 Å². The van der Waals surface area contributed by atoms with Gasteiger partial charge >= 0.3 is 20.4 Å². The van der Waals surface area contributed by atoms with Crippen molar-refractivity contribution in [1.29, 1.82) is 0 Å². The zero-order valence-electron chi connectivity index (χ0n) is 19.8. The molecule has 0 spiro atoms. The first-order chi connectivity index (χ1) is 16.7. The molecule has 0 saturated carbocycles. The molecule has 2 nitrogen and oxygen atoms in total. The standard InChI is InChI=1S/2C16H12N.2ClH.Pd/c2*17-15-9-5-12(6-10-15)11-14-8-7-13-3-1-2-4-16(13)14;;;/h2*1-11,17H;2*1H;/q2*-1;;;+2/p-2/b2*14-11+;;;. The van der Waals surface area contributed by atoms with Crippen LogP contribution in [0.1, 0.15) is 33.4 Å². The number of fused-ring (bicyclic) bond motifs is 2. The van der Waals surface area contributed by atoms with Crippen LogP contribution in [0.4, 0.5) is 11.4 Å². The Balaban J connectivity index is 0.000000241. The maximum absolute atomic E-state index is 7.46. The molecule has 2 N–H and O–H groups in total. The van der Waals surface area contributed by atoms with Crippen molar-refractivity contribution in [2.45, 2.75) is 0 Å². The maximum Gasteiger partial charge on any atom is 2.00 e. The molecular weight excluding hydrogens is 590 g/mol. The van der Waals surface area contributed by atoms with Gasteiger partial charge in [-0.05, 0) is 56.7 Å². The average molecular weight is 614 g/mol. The molecule has 0 unspecified atom stereocenters. The molecule has 2 aliphatic rings. The number of rotatable bonds is 2. The van der Waals surface area contributed by atoms with E-state index in [1.54, 1.807) is 0 Å². The molecular formula is C32H24Cl2N2Pd-2. The van der Waals surface area contributed by atoms with E-state index in [1.165, 1.54) is 33.4 Å². The molecule has 0 saturated heterocycles. The Labute approximate surface area is 245 Å². The van der Waals surface area contributed by atoms with Gasteiger partial charge in [0.25, 0.3) is 0 Å². The van der Waals surface area contributed by atoms with Gasteiger partial charge in [-0.25, -0.2) is 0 Å². The first-order valence-corrected chi connectivity index (χ1v) is 11.3. The molecule has 0 heterocycles. The van der Waals surface area contributed by atoms with Crippen molar-refractivity contribution in [3.63, 3.8) is 0 Å². The van der Waals surface area contributed by atoms with Crippen molar-refractivity contribution in [1.82, 2.24) is 0 Å². The molecule has 0 fully saturated rings. The zero-order chi connectivity index (χ0) is 23.3. The van der Waals surface area contributed by atoms with Crippen molar-refractivity contribution in [2.24, 2.45) is 0 Å². The van der Waals surface area contributed by atoms with Gasteiger partial charge in [0.15, 0.2) is 0 Å². The van der Waals surface area contributed by atoms with Crippen molar-refractivity contribution in [2.75, 3.05) is 0 Å². The summed E-state index contributed by atoms with van der Waals surface area (Å²) in [6, 6.07) is 31.9. The number of hydrogen-bond donors (Lipinski definition) is 0. The fraction of sp³-hybridized carbons (Fsp3) is 0. The summed E-state index contributed by atoms with van der Waals surface area (Å²) in [6.45, 7) is 0. The summed E-state index contributed by atoms with van der Waals surface area (Å²) in [5, 5.41) is 0. The van der Waals surface area contributed by atoms with Crippen LogP contribution in [0.2, 0.25) is 0 Å². The summed E-state index contributed by atoms with van der Waals surface area (Å²) in [5.74, 6) is 0. The number of hydrogen-bond acceptors (Lipinski definition) is 0. The Hall–Kier alpha value is -3.32. The van der Waals surface area contributed by atoms with E-state index in [9.17, 15) is 0 Å². The molecule has 0 aromatic heterocycles. The van der Waals surface area contributed by atoms with Gasteiger partial charge < -0.3 is 36.3 Å². The van der Waals surface area contributed by atoms with Gasteiger partial charge in [0.1, 0.15) is 0 Å². The third-order valence-electron chi connectivity index (χ3n) is 5.89. The van der Waals surface area contributed by atoms with Crippen LogP contribution in [-0.2, 0) is 20.4 Å². The fourth-order valence-corrected chi connectivity index (χ4v) is 4.12. The molecule has 37 heavy (non-hydrogen) atoms. The minimum Gasteiger partial charge on any atom is -1.00 e. The number of allylic oxidation sites excluding steroid dienone is 4. The van der Waals surface area contributed by atoms with Crippen LogP contribution in [0.5, 0.6) is 0 Å². The van der Waals surface area contributed by atoms with Gasteiger partial charge in [-0.15, -0.1) is 11.4 Å². The summed E-state index contributed by atoms with van der Waals surface area (Å²) in [4.78, 5) is 0. The number of benzene rings is 4. The molecule has 0 atom stereocenters. The minimum absolute atomic E-state index is 0. The van der Waals surface area contributed by atoms with Crippen LogP contribution in [0.25, 0.3) is 46.9 Å². The van der Waals surface area contributed by atoms with E-state index in [1.807, 2.05) is 48.5 Å². The van der Waals surface area contributed by atoms with Gasteiger partial charge in [-0.2, -0.15) is 0 Å². The first kappa shape index (κ1) is 29.9. The maximum atomic E-state index is 7.46. The predicted molar refractivity (Wildman–Crippen MR) is 148 cm³/mol. The zero-order valence-corrected chi connectivity index (χ0v) is 22.8. The average Bonchev–Trinajstić information content (AvgIpc) is 3.47. The predicted octanol–water partition coefficient (Wildman–Crippen LogP) is 3.88. The monoisotopic (exact) mass is 612 g/mol. The topological polar surface area (TPSA) is 47.6 Å². The third kappa shape index (κ3) is 7.35. The summed E-state index contributed by atoms with van der Waals surface area (Å²) in [5.41, 5.74) is 25.9. The fourth-order valence-electron chi connectivity index (χ4n) is 4.12. The minimum atomic E-state index is 0. The van der Waals surface area contributed by atoms with E-state index in [4.69, 9.17) is 11.5 Å². The van der Waals surface area contributed by atoms with Crippen molar-refractivity contribution >= 4 is 46.8 Å². The SMILES string of the molecule is [Cl-].[Cl-].[NH-]c1ccc(/C=C2\C=Cc3ccccc32)cc1.[NH-]c1ccc(/C=C2\C=Cc3ccccc32)cc1.[Pd+2]. The second-order valence-corrected chi connectivity index (χ2v) is 8.28. The van der Waals surface area contributed by atoms with Gasteiger partial charge in [0.05, 0.1) is 0 Å². The summed E-state index contributed by atoms with van der Waals surface area (Å²) in [7, 11) is 0. The Morgan fingerprint density at radius 2 is 0.784 bits per heavy atom. The Morgan fingerprint density at radius 3 is 1.16 bits per heavy atom. The Morgan fingerprint density at radius 1 is 0.432 bits per heavy atom. The van der Waals surface area contributed by atoms with Crippen LogP contribution >= 0.6 is 0 Å². The third-order valence-corrected chi connectivity index (χ3v) is 5.89. The van der Waals surface area contributed by atoms with Crippen molar-refractivity contribution in [3.8, 4) is 0 Å². The number of nitrogens with one attached hydrogen (secondary N) is 2. The van der Waals surface area contributed by atoms with E-state index < -0.39 is 0 Å². The summed E-state index contributed by atoms with van der Waals surface area (Å²) in [6.07, 6.45) is 12.9. The molecule has 0 aliphatic heterocycles. The molecule has 4 aromatic rings. The molecule has 6 rings (SSSR count). The Kier molecular flexibility index (Phi) is 11.2. The van der Waals surface area contributed by atoms with Gasteiger partial charge in [0.2, 0.25) is 0 Å². The van der Waals surface area contributed by atoms with Crippen molar-refractivity contribution < 1.29 is 45.2 Å². The molecule has 4 aromatic carbocycles. The van der Waals surface area contributed by atoms with Crippen LogP contribution in [0.3, 0.4) is 0 Å². The summed E-state index contributed by atoms with van der Waals surface area (Å²) < 4.78 is 0. The molecule has 0 amide bonds. The van der Waals surface area contributed by atoms with E-state index in [0.717, 1.165) is 11.1 Å². The van der Waals surface area contributed by atoms with Crippen LogP contribution in [0, 0.1) is 0 Å². The Bertz CT molecular complexity index is 1340. The van der Waals surface area contributed by atoms with Crippen LogP contribution < -0.4 is 24.8 Å². The number of halogens is 2. The summed E-state index contributed by atoms with van der Waals surface area (Å²) >= 11 is 0. The van der Waals surface area contributed by atoms with E-state index in [0.29, 0.717) is 11.4 Å². The van der Waals surface area contributed by atoms with Crippen molar-refractivity contribution in [3.05, 3.63) is 154 Å². The van der Waals surface area contributed by atoms with Gasteiger partial charge in [-0.3, -0.25) is 0 Å². The van der Waals surface area contributed by atoms with Gasteiger partial charge in [0, 0.05) is 0 Å². The van der Waals surface area contributed by atoms with E-state index in [2.05, 4.69) is 85.0 Å². The molecule has 5 heteroatoms. The second kappa shape index (κ2) is 13.8. The largest absolute Gasteiger partial charge is 2.00 e. The smallest absolute Gasteiger partial charge is 1.00 e.